The third-order valence-electron chi connectivity index (χ3n) is 4.60. The molecule has 0 aliphatic rings. The van der Waals surface area contributed by atoms with E-state index < -0.39 is 12.0 Å². The molecule has 4 nitrogen and oxygen atoms in total. The van der Waals surface area contributed by atoms with E-state index >= 15 is 0 Å². The number of amides is 1. The second-order valence-electron chi connectivity index (χ2n) is 6.90. The van der Waals surface area contributed by atoms with Gasteiger partial charge in [0, 0.05) is 5.02 Å². The maximum atomic E-state index is 12.4. The van der Waals surface area contributed by atoms with Crippen molar-refractivity contribution in [2.45, 2.75) is 59.0 Å². The van der Waals surface area contributed by atoms with Gasteiger partial charge in [0.15, 0.2) is 11.9 Å². The standard InChI is InChI=1S/C22H27Cl2NO3/c1-4-5-6-7-8-16-9-11-17(12-10-16)28-15(3)22(27)25-19-13-18(23)14(2)20(24)21(19)26/h9-13,15,26H,4-8H2,1-3H3,(H,25,27). The molecule has 2 aromatic rings. The van der Waals surface area contributed by atoms with Gasteiger partial charge in [0.05, 0.1) is 10.7 Å². The zero-order chi connectivity index (χ0) is 20.7. The Morgan fingerprint density at radius 2 is 1.86 bits per heavy atom. The molecule has 28 heavy (non-hydrogen) atoms. The largest absolute Gasteiger partial charge is 0.504 e. The third kappa shape index (κ3) is 6.05. The van der Waals surface area contributed by atoms with Crippen molar-refractivity contribution in [2.75, 3.05) is 5.32 Å². The first-order valence-electron chi connectivity index (χ1n) is 9.57. The molecule has 2 N–H and O–H groups in total. The lowest BCUT2D eigenvalue weighted by molar-refractivity contribution is -0.122. The summed E-state index contributed by atoms with van der Waals surface area (Å²) in [5.41, 5.74) is 1.97. The maximum absolute atomic E-state index is 12.4. The summed E-state index contributed by atoms with van der Waals surface area (Å²) in [5.74, 6) is -0.00405. The number of halogens is 2. The molecule has 2 aromatic carbocycles. The third-order valence-corrected chi connectivity index (χ3v) is 5.46. The molecule has 2 rings (SSSR count). The summed E-state index contributed by atoms with van der Waals surface area (Å²) in [6.45, 7) is 5.53. The van der Waals surface area contributed by atoms with E-state index in [2.05, 4.69) is 12.2 Å². The number of benzene rings is 2. The average Bonchev–Trinajstić information content (AvgIpc) is 2.68. The maximum Gasteiger partial charge on any atom is 0.265 e. The number of ether oxygens (including phenoxy) is 1. The van der Waals surface area contributed by atoms with Crippen molar-refractivity contribution in [3.05, 3.63) is 51.5 Å². The SMILES string of the molecule is CCCCCCc1ccc(OC(C)C(=O)Nc2cc(Cl)c(C)c(Cl)c2O)cc1. The van der Waals surface area contributed by atoms with Crippen molar-refractivity contribution in [1.82, 2.24) is 0 Å². The predicted molar refractivity (Wildman–Crippen MR) is 116 cm³/mol. The first-order valence-corrected chi connectivity index (χ1v) is 10.3. The number of phenolic OH excluding ortho intramolecular Hbond substituents is 1. The summed E-state index contributed by atoms with van der Waals surface area (Å²) in [5, 5.41) is 13.2. The van der Waals surface area contributed by atoms with Crippen molar-refractivity contribution < 1.29 is 14.6 Å². The molecule has 0 fully saturated rings. The van der Waals surface area contributed by atoms with Crippen molar-refractivity contribution in [1.29, 1.82) is 0 Å². The molecule has 0 radical (unpaired) electrons. The van der Waals surface area contributed by atoms with Gasteiger partial charge in [-0.2, -0.15) is 0 Å². The minimum Gasteiger partial charge on any atom is -0.504 e. The molecular formula is C22H27Cl2NO3. The molecule has 0 aromatic heterocycles. The van der Waals surface area contributed by atoms with E-state index in [0.29, 0.717) is 16.3 Å². The highest BCUT2D eigenvalue weighted by Crippen LogP contribution is 2.38. The van der Waals surface area contributed by atoms with Crippen LogP contribution < -0.4 is 10.1 Å². The van der Waals surface area contributed by atoms with E-state index in [0.717, 1.165) is 6.42 Å². The summed E-state index contributed by atoms with van der Waals surface area (Å²) in [4.78, 5) is 12.4. The number of carbonyl (C=O) groups is 1. The molecule has 0 spiro atoms. The van der Waals surface area contributed by atoms with Crippen molar-refractivity contribution in [2.24, 2.45) is 0 Å². The van der Waals surface area contributed by atoms with Gasteiger partial charge in [-0.05, 0) is 56.0 Å². The van der Waals surface area contributed by atoms with Gasteiger partial charge in [-0.1, -0.05) is 61.5 Å². The Balaban J connectivity index is 1.94. The summed E-state index contributed by atoms with van der Waals surface area (Å²) < 4.78 is 5.71. The lowest BCUT2D eigenvalue weighted by Gasteiger charge is -2.17. The van der Waals surface area contributed by atoms with Crippen LogP contribution in [0.5, 0.6) is 11.5 Å². The number of unbranched alkanes of at least 4 members (excludes halogenated alkanes) is 3. The second-order valence-corrected chi connectivity index (χ2v) is 7.68. The minimum atomic E-state index is -0.756. The Kier molecular flexibility index (Phi) is 8.46. The average molecular weight is 424 g/mol. The number of nitrogens with one attached hydrogen (secondary N) is 1. The van der Waals surface area contributed by atoms with Crippen molar-refractivity contribution >= 4 is 34.8 Å². The van der Waals surface area contributed by atoms with Gasteiger partial charge in [0.25, 0.3) is 5.91 Å². The van der Waals surface area contributed by atoms with Crippen LogP contribution >= 0.6 is 23.2 Å². The second kappa shape index (κ2) is 10.6. The summed E-state index contributed by atoms with van der Waals surface area (Å²) >= 11 is 12.1. The Bertz CT molecular complexity index is 806. The van der Waals surface area contributed by atoms with Crippen LogP contribution in [0.4, 0.5) is 5.69 Å². The van der Waals surface area contributed by atoms with Crippen LogP contribution in [0.3, 0.4) is 0 Å². The van der Waals surface area contributed by atoms with E-state index in [1.54, 1.807) is 13.8 Å². The van der Waals surface area contributed by atoms with Crippen LogP contribution in [0, 0.1) is 6.92 Å². The smallest absolute Gasteiger partial charge is 0.265 e. The van der Waals surface area contributed by atoms with E-state index in [9.17, 15) is 9.90 Å². The zero-order valence-corrected chi connectivity index (χ0v) is 18.0. The molecule has 6 heteroatoms. The minimum absolute atomic E-state index is 0.117. The molecule has 1 unspecified atom stereocenters. The lowest BCUT2D eigenvalue weighted by Crippen LogP contribution is -2.30. The van der Waals surface area contributed by atoms with Crippen molar-refractivity contribution in [3.63, 3.8) is 0 Å². The van der Waals surface area contributed by atoms with Crippen LogP contribution in [0.2, 0.25) is 10.0 Å². The van der Waals surface area contributed by atoms with Crippen LogP contribution in [-0.2, 0) is 11.2 Å². The van der Waals surface area contributed by atoms with Gasteiger partial charge < -0.3 is 15.2 Å². The van der Waals surface area contributed by atoms with Crippen molar-refractivity contribution in [3.8, 4) is 11.5 Å². The molecule has 0 aliphatic heterocycles. The van der Waals surface area contributed by atoms with E-state index in [1.165, 1.54) is 37.3 Å². The van der Waals surface area contributed by atoms with Gasteiger partial charge in [0.1, 0.15) is 5.75 Å². The topological polar surface area (TPSA) is 58.6 Å². The fourth-order valence-corrected chi connectivity index (χ4v) is 3.24. The number of aryl methyl sites for hydroxylation is 1. The van der Waals surface area contributed by atoms with E-state index in [4.69, 9.17) is 27.9 Å². The van der Waals surface area contributed by atoms with Crippen LogP contribution in [0.25, 0.3) is 0 Å². The number of carbonyl (C=O) groups excluding carboxylic acids is 1. The molecule has 0 heterocycles. The number of rotatable bonds is 9. The number of hydrogen-bond donors (Lipinski definition) is 2. The molecule has 1 atom stereocenters. The highest BCUT2D eigenvalue weighted by molar-refractivity contribution is 6.37. The predicted octanol–water partition coefficient (Wildman–Crippen LogP) is 6.54. The quantitative estimate of drug-likeness (QED) is 0.355. The summed E-state index contributed by atoms with van der Waals surface area (Å²) in [6, 6.07) is 9.26. The highest BCUT2D eigenvalue weighted by Gasteiger charge is 2.19. The highest BCUT2D eigenvalue weighted by atomic mass is 35.5. The Morgan fingerprint density at radius 3 is 2.50 bits per heavy atom. The monoisotopic (exact) mass is 423 g/mol. The summed E-state index contributed by atoms with van der Waals surface area (Å²) in [6.07, 6.45) is 5.20. The molecule has 1 amide bonds. The van der Waals surface area contributed by atoms with Gasteiger partial charge in [-0.3, -0.25) is 4.79 Å². The number of phenols is 1. The Hall–Kier alpha value is -1.91. The fourth-order valence-electron chi connectivity index (χ4n) is 2.78. The van der Waals surface area contributed by atoms with Gasteiger partial charge in [0.2, 0.25) is 0 Å². The van der Waals surface area contributed by atoms with Gasteiger partial charge in [-0.15, -0.1) is 0 Å². The number of anilines is 1. The molecule has 0 aliphatic carbocycles. The van der Waals surface area contributed by atoms with Crippen LogP contribution in [0.1, 0.15) is 50.7 Å². The molecule has 0 saturated carbocycles. The van der Waals surface area contributed by atoms with E-state index in [1.807, 2.05) is 24.3 Å². The first kappa shape index (κ1) is 22.4. The van der Waals surface area contributed by atoms with Gasteiger partial charge >= 0.3 is 0 Å². The zero-order valence-electron chi connectivity index (χ0n) is 16.5. The van der Waals surface area contributed by atoms with Crippen LogP contribution in [-0.4, -0.2) is 17.1 Å². The Labute approximate surface area is 176 Å². The van der Waals surface area contributed by atoms with Crippen LogP contribution in [0.15, 0.2) is 30.3 Å². The normalized spacial score (nSPS) is 11.9. The number of hydrogen-bond acceptors (Lipinski definition) is 3. The van der Waals surface area contributed by atoms with E-state index in [-0.39, 0.29) is 16.5 Å². The lowest BCUT2D eigenvalue weighted by atomic mass is 10.1. The molecule has 152 valence electrons. The Morgan fingerprint density at radius 1 is 1.18 bits per heavy atom. The molecule has 0 saturated heterocycles. The van der Waals surface area contributed by atoms with Gasteiger partial charge in [-0.25, -0.2) is 0 Å². The summed E-state index contributed by atoms with van der Waals surface area (Å²) in [7, 11) is 0. The fraction of sp³-hybridized carbons (Fsp3) is 0.409. The molecule has 0 bridgehead atoms. The molecular weight excluding hydrogens is 397 g/mol. The number of aromatic hydroxyl groups is 1. The first-order chi connectivity index (χ1) is 13.3.